The molecule has 3 N–H and O–H groups in total. The molecule has 1 aromatic rings. The Balaban J connectivity index is 2.10. The summed E-state index contributed by atoms with van der Waals surface area (Å²) in [4.78, 5) is 21.4. The number of halogens is 1. The fourth-order valence-corrected chi connectivity index (χ4v) is 1.61. The van der Waals surface area contributed by atoms with Gasteiger partial charge in [0, 0.05) is 11.0 Å². The van der Waals surface area contributed by atoms with Crippen molar-refractivity contribution < 1.29 is 19.4 Å². The maximum absolute atomic E-state index is 11.2. The lowest BCUT2D eigenvalue weighted by Gasteiger charge is -2.08. The number of hydrogen-bond donors (Lipinski definition) is 3. The number of benzene rings is 1. The summed E-state index contributed by atoms with van der Waals surface area (Å²) < 4.78 is 6.33. The zero-order chi connectivity index (χ0) is 14.1. The van der Waals surface area contributed by atoms with Crippen LogP contribution in [0.5, 0.6) is 5.75 Å². The summed E-state index contributed by atoms with van der Waals surface area (Å²) in [5, 5.41) is 13.4. The van der Waals surface area contributed by atoms with E-state index in [0.29, 0.717) is 18.9 Å². The average Bonchev–Trinajstić information content (AvgIpc) is 2.34. The van der Waals surface area contributed by atoms with Crippen LogP contribution < -0.4 is 15.4 Å². The summed E-state index contributed by atoms with van der Waals surface area (Å²) in [5.41, 5.74) is 0. The minimum atomic E-state index is -0.946. The summed E-state index contributed by atoms with van der Waals surface area (Å²) in [7, 11) is 0. The van der Waals surface area contributed by atoms with E-state index in [-0.39, 0.29) is 13.0 Å². The van der Waals surface area contributed by atoms with Crippen molar-refractivity contribution in [3.05, 3.63) is 28.7 Å². The van der Waals surface area contributed by atoms with E-state index >= 15 is 0 Å². The zero-order valence-electron chi connectivity index (χ0n) is 10.2. The molecule has 0 aliphatic rings. The van der Waals surface area contributed by atoms with Gasteiger partial charge in [-0.2, -0.15) is 0 Å². The molecule has 0 aliphatic carbocycles. The van der Waals surface area contributed by atoms with Gasteiger partial charge in [-0.3, -0.25) is 4.79 Å². The lowest BCUT2D eigenvalue weighted by atomic mass is 10.3. The highest BCUT2D eigenvalue weighted by atomic mass is 79.9. The second kappa shape index (κ2) is 8.36. The topological polar surface area (TPSA) is 87.7 Å². The first kappa shape index (κ1) is 15.3. The smallest absolute Gasteiger partial charge is 0.314 e. The number of urea groups is 1. The quantitative estimate of drug-likeness (QED) is 0.662. The Hall–Kier alpha value is -1.76. The van der Waals surface area contributed by atoms with Crippen LogP contribution in [-0.2, 0) is 4.79 Å². The average molecular weight is 331 g/mol. The molecular formula is C12H15BrN2O4. The molecule has 1 rings (SSSR count). The second-order valence-corrected chi connectivity index (χ2v) is 4.55. The number of aliphatic carboxylic acids is 1. The second-order valence-electron chi connectivity index (χ2n) is 3.63. The van der Waals surface area contributed by atoms with Gasteiger partial charge in [0.2, 0.25) is 0 Å². The maximum Gasteiger partial charge on any atom is 0.314 e. The maximum atomic E-state index is 11.2. The lowest BCUT2D eigenvalue weighted by Crippen LogP contribution is -2.38. The van der Waals surface area contributed by atoms with Crippen LogP contribution in [0.4, 0.5) is 4.79 Å². The summed E-state index contributed by atoms with van der Waals surface area (Å²) in [6, 6.07) is 6.98. The van der Waals surface area contributed by atoms with Gasteiger partial charge in [0.05, 0.1) is 13.0 Å². The van der Waals surface area contributed by atoms with Crippen LogP contribution in [0.3, 0.4) is 0 Å². The third-order valence-electron chi connectivity index (χ3n) is 2.08. The van der Waals surface area contributed by atoms with Gasteiger partial charge in [-0.25, -0.2) is 4.79 Å². The van der Waals surface area contributed by atoms with Crippen LogP contribution in [0.1, 0.15) is 6.42 Å². The first-order valence-electron chi connectivity index (χ1n) is 5.70. The minimum Gasteiger partial charge on any atom is -0.492 e. The molecule has 7 heteroatoms. The van der Waals surface area contributed by atoms with Gasteiger partial charge in [-0.05, 0) is 18.2 Å². The van der Waals surface area contributed by atoms with Gasteiger partial charge in [0.1, 0.15) is 12.4 Å². The summed E-state index contributed by atoms with van der Waals surface area (Å²) in [6.45, 7) is 0.780. The monoisotopic (exact) mass is 330 g/mol. The molecule has 0 aromatic heterocycles. The first-order chi connectivity index (χ1) is 9.08. The van der Waals surface area contributed by atoms with Crippen LogP contribution in [-0.4, -0.2) is 36.8 Å². The molecule has 0 bridgehead atoms. The van der Waals surface area contributed by atoms with Gasteiger partial charge >= 0.3 is 12.0 Å². The van der Waals surface area contributed by atoms with Crippen molar-refractivity contribution in [3.63, 3.8) is 0 Å². The number of ether oxygens (including phenoxy) is 1. The number of amides is 2. The minimum absolute atomic E-state index is 0.0953. The largest absolute Gasteiger partial charge is 0.492 e. The highest BCUT2D eigenvalue weighted by Crippen LogP contribution is 2.17. The Labute approximate surface area is 119 Å². The fraction of sp³-hybridized carbons (Fsp3) is 0.333. The number of carbonyl (C=O) groups is 2. The van der Waals surface area contributed by atoms with Crippen LogP contribution in [0.2, 0.25) is 0 Å². The number of carboxylic acids is 1. The predicted molar refractivity (Wildman–Crippen MR) is 73.3 cm³/mol. The van der Waals surface area contributed by atoms with E-state index in [0.717, 1.165) is 4.47 Å². The highest BCUT2D eigenvalue weighted by Gasteiger charge is 2.01. The van der Waals surface area contributed by atoms with Crippen molar-refractivity contribution in [3.8, 4) is 5.75 Å². The number of rotatable bonds is 7. The Bertz CT molecular complexity index is 439. The van der Waals surface area contributed by atoms with Crippen molar-refractivity contribution in [2.45, 2.75) is 6.42 Å². The molecule has 0 atom stereocenters. The summed E-state index contributed by atoms with van der Waals surface area (Å²) >= 11 is 3.33. The van der Waals surface area contributed by atoms with Crippen LogP contribution in [0.25, 0.3) is 0 Å². The van der Waals surface area contributed by atoms with Gasteiger partial charge in [0.25, 0.3) is 0 Å². The Morgan fingerprint density at radius 1 is 1.26 bits per heavy atom. The van der Waals surface area contributed by atoms with E-state index in [9.17, 15) is 9.59 Å². The number of carbonyl (C=O) groups excluding carboxylic acids is 1. The molecular weight excluding hydrogens is 316 g/mol. The lowest BCUT2D eigenvalue weighted by molar-refractivity contribution is -0.136. The van der Waals surface area contributed by atoms with Crippen LogP contribution in [0.15, 0.2) is 28.7 Å². The van der Waals surface area contributed by atoms with Gasteiger partial charge in [0.15, 0.2) is 0 Å². The third kappa shape index (κ3) is 7.30. The molecule has 6 nitrogen and oxygen atoms in total. The van der Waals surface area contributed by atoms with E-state index in [1.807, 2.05) is 24.3 Å². The normalized spacial score (nSPS) is 9.74. The molecule has 0 spiro atoms. The van der Waals surface area contributed by atoms with Gasteiger partial charge in [-0.15, -0.1) is 0 Å². The molecule has 0 unspecified atom stereocenters. The van der Waals surface area contributed by atoms with Crippen molar-refractivity contribution >= 4 is 27.9 Å². The third-order valence-corrected chi connectivity index (χ3v) is 2.57. The van der Waals surface area contributed by atoms with Crippen molar-refractivity contribution in [1.29, 1.82) is 0 Å². The van der Waals surface area contributed by atoms with E-state index in [1.54, 1.807) is 0 Å². The van der Waals surface area contributed by atoms with E-state index in [2.05, 4.69) is 26.6 Å². The summed E-state index contributed by atoms with van der Waals surface area (Å²) in [6.07, 6.45) is -0.0953. The highest BCUT2D eigenvalue weighted by molar-refractivity contribution is 9.10. The molecule has 2 amide bonds. The Morgan fingerprint density at radius 2 is 2.00 bits per heavy atom. The Morgan fingerprint density at radius 3 is 2.68 bits per heavy atom. The zero-order valence-corrected chi connectivity index (χ0v) is 11.8. The molecule has 0 radical (unpaired) electrons. The van der Waals surface area contributed by atoms with Gasteiger partial charge < -0.3 is 20.5 Å². The molecule has 0 heterocycles. The SMILES string of the molecule is O=C(O)CCNC(=O)NCCOc1cccc(Br)c1. The first-order valence-corrected chi connectivity index (χ1v) is 6.49. The number of hydrogen-bond acceptors (Lipinski definition) is 3. The van der Waals surface area contributed by atoms with Crippen LogP contribution >= 0.6 is 15.9 Å². The van der Waals surface area contributed by atoms with Crippen molar-refractivity contribution in [2.24, 2.45) is 0 Å². The molecule has 0 aliphatic heterocycles. The molecule has 1 aromatic carbocycles. The van der Waals surface area contributed by atoms with E-state index in [1.165, 1.54) is 0 Å². The number of nitrogens with one attached hydrogen (secondary N) is 2. The standard InChI is InChI=1S/C12H15BrN2O4/c13-9-2-1-3-10(8-9)19-7-6-15-12(18)14-5-4-11(16)17/h1-3,8H,4-7H2,(H,16,17)(H2,14,15,18). The molecule has 0 fully saturated rings. The fourth-order valence-electron chi connectivity index (χ4n) is 1.24. The Kier molecular flexibility index (Phi) is 6.73. The molecule has 0 saturated carbocycles. The number of carboxylic acid groups (broad SMARTS) is 1. The summed E-state index contributed by atoms with van der Waals surface area (Å²) in [5.74, 6) is -0.235. The van der Waals surface area contributed by atoms with Crippen molar-refractivity contribution in [1.82, 2.24) is 10.6 Å². The predicted octanol–water partition coefficient (Wildman–Crippen LogP) is 1.60. The van der Waals surface area contributed by atoms with E-state index in [4.69, 9.17) is 9.84 Å². The molecule has 19 heavy (non-hydrogen) atoms. The van der Waals surface area contributed by atoms with Crippen molar-refractivity contribution in [2.75, 3.05) is 19.7 Å². The molecule has 104 valence electrons. The van der Waals surface area contributed by atoms with E-state index < -0.39 is 12.0 Å². The van der Waals surface area contributed by atoms with Crippen LogP contribution in [0, 0.1) is 0 Å². The van der Waals surface area contributed by atoms with Gasteiger partial charge in [-0.1, -0.05) is 22.0 Å². The molecule has 0 saturated heterocycles.